The van der Waals surface area contributed by atoms with Crippen molar-refractivity contribution in [1.29, 1.82) is 0 Å². The molecule has 0 saturated carbocycles. The Balaban J connectivity index is 2.56. The first kappa shape index (κ1) is 16.8. The number of anilines is 1. The summed E-state index contributed by atoms with van der Waals surface area (Å²) in [7, 11) is 0. The zero-order chi connectivity index (χ0) is 15.8. The van der Waals surface area contributed by atoms with Crippen LogP contribution in [0.2, 0.25) is 5.02 Å². The Morgan fingerprint density at radius 1 is 1.24 bits per heavy atom. The van der Waals surface area contributed by atoms with Crippen LogP contribution in [0.3, 0.4) is 0 Å². The number of nitrogens with one attached hydrogen (secondary N) is 3. The van der Waals surface area contributed by atoms with Gasteiger partial charge in [0.1, 0.15) is 0 Å². The van der Waals surface area contributed by atoms with Gasteiger partial charge in [-0.2, -0.15) is 0 Å². The van der Waals surface area contributed by atoms with E-state index in [0.29, 0.717) is 6.54 Å². The van der Waals surface area contributed by atoms with E-state index in [-0.39, 0.29) is 28.7 Å². The molecule has 0 bridgehead atoms. The molecule has 0 aliphatic carbocycles. The van der Waals surface area contributed by atoms with E-state index in [1.807, 2.05) is 6.92 Å². The molecule has 7 nitrogen and oxygen atoms in total. The van der Waals surface area contributed by atoms with Gasteiger partial charge in [0.25, 0.3) is 0 Å². The van der Waals surface area contributed by atoms with E-state index in [4.69, 9.17) is 16.7 Å². The van der Waals surface area contributed by atoms with Gasteiger partial charge in [-0.05, 0) is 24.6 Å². The third-order valence-corrected chi connectivity index (χ3v) is 2.77. The number of hydrogen-bond donors (Lipinski definition) is 4. The van der Waals surface area contributed by atoms with Gasteiger partial charge in [0, 0.05) is 6.54 Å². The number of benzene rings is 1. The molecule has 4 N–H and O–H groups in total. The molecule has 1 aromatic rings. The quantitative estimate of drug-likeness (QED) is 0.641. The van der Waals surface area contributed by atoms with Gasteiger partial charge < -0.3 is 21.1 Å². The standard InChI is InChI=1S/C13H16ClN3O4/c1-2-5-15-11(18)7-16-13(21)17-10-6-8(12(19)20)3-4-9(10)14/h3-4,6H,2,5,7H2,1H3,(H,15,18)(H,19,20)(H2,16,17,21). The highest BCUT2D eigenvalue weighted by molar-refractivity contribution is 6.33. The fourth-order valence-electron chi connectivity index (χ4n) is 1.41. The molecule has 1 rings (SSSR count). The fourth-order valence-corrected chi connectivity index (χ4v) is 1.57. The summed E-state index contributed by atoms with van der Waals surface area (Å²) in [5.41, 5.74) is 0.151. The summed E-state index contributed by atoms with van der Waals surface area (Å²) in [6.07, 6.45) is 0.801. The van der Waals surface area contributed by atoms with Crippen molar-refractivity contribution in [1.82, 2.24) is 10.6 Å². The summed E-state index contributed by atoms with van der Waals surface area (Å²) in [5, 5.41) is 16.4. The smallest absolute Gasteiger partial charge is 0.335 e. The number of carboxylic acids is 1. The van der Waals surface area contributed by atoms with Gasteiger partial charge in [0.15, 0.2) is 0 Å². The molecule has 21 heavy (non-hydrogen) atoms. The maximum atomic E-state index is 11.6. The van der Waals surface area contributed by atoms with Crippen molar-refractivity contribution in [3.63, 3.8) is 0 Å². The Hall–Kier alpha value is -2.28. The first-order chi connectivity index (χ1) is 9.93. The van der Waals surface area contributed by atoms with Crippen LogP contribution in [0.5, 0.6) is 0 Å². The van der Waals surface area contributed by atoms with Crippen molar-refractivity contribution >= 4 is 35.2 Å². The van der Waals surface area contributed by atoms with Gasteiger partial charge in [-0.25, -0.2) is 9.59 Å². The number of aromatic carboxylic acids is 1. The lowest BCUT2D eigenvalue weighted by Crippen LogP contribution is -2.39. The average Bonchev–Trinajstić information content (AvgIpc) is 2.45. The topological polar surface area (TPSA) is 108 Å². The molecule has 3 amide bonds. The normalized spacial score (nSPS) is 9.81. The number of amides is 3. The van der Waals surface area contributed by atoms with Crippen molar-refractivity contribution in [2.75, 3.05) is 18.4 Å². The average molecular weight is 314 g/mol. The molecular weight excluding hydrogens is 298 g/mol. The van der Waals surface area contributed by atoms with Crippen LogP contribution in [0.25, 0.3) is 0 Å². The predicted octanol–water partition coefficient (Wildman–Crippen LogP) is 1.69. The molecule has 0 aliphatic rings. The first-order valence-corrected chi connectivity index (χ1v) is 6.66. The molecule has 0 atom stereocenters. The number of urea groups is 1. The van der Waals surface area contributed by atoms with E-state index in [1.165, 1.54) is 18.2 Å². The van der Waals surface area contributed by atoms with Gasteiger partial charge >= 0.3 is 12.0 Å². The highest BCUT2D eigenvalue weighted by Crippen LogP contribution is 2.22. The van der Waals surface area contributed by atoms with Gasteiger partial charge in [0.2, 0.25) is 5.91 Å². The van der Waals surface area contributed by atoms with E-state index >= 15 is 0 Å². The largest absolute Gasteiger partial charge is 0.478 e. The lowest BCUT2D eigenvalue weighted by molar-refractivity contribution is -0.120. The minimum Gasteiger partial charge on any atom is -0.478 e. The second-order valence-electron chi connectivity index (χ2n) is 4.16. The van der Waals surface area contributed by atoms with Crippen molar-refractivity contribution < 1.29 is 19.5 Å². The molecule has 0 radical (unpaired) electrons. The van der Waals surface area contributed by atoms with Crippen LogP contribution in [0.1, 0.15) is 23.7 Å². The van der Waals surface area contributed by atoms with Crippen LogP contribution < -0.4 is 16.0 Å². The van der Waals surface area contributed by atoms with Crippen LogP contribution >= 0.6 is 11.6 Å². The molecule has 114 valence electrons. The van der Waals surface area contributed by atoms with E-state index < -0.39 is 12.0 Å². The number of hydrogen-bond acceptors (Lipinski definition) is 3. The van der Waals surface area contributed by atoms with E-state index in [1.54, 1.807) is 0 Å². The molecule has 0 fully saturated rings. The first-order valence-electron chi connectivity index (χ1n) is 6.28. The molecule has 1 aromatic carbocycles. The number of carbonyl (C=O) groups excluding carboxylic acids is 2. The molecule has 0 saturated heterocycles. The van der Waals surface area contributed by atoms with Gasteiger partial charge in [0.05, 0.1) is 22.8 Å². The van der Waals surface area contributed by atoms with Gasteiger partial charge in [-0.15, -0.1) is 0 Å². The van der Waals surface area contributed by atoms with Gasteiger partial charge in [-0.1, -0.05) is 18.5 Å². The minimum absolute atomic E-state index is 0.00427. The molecule has 0 aliphatic heterocycles. The third-order valence-electron chi connectivity index (χ3n) is 2.44. The predicted molar refractivity (Wildman–Crippen MR) is 78.7 cm³/mol. The monoisotopic (exact) mass is 313 g/mol. The molecule has 0 spiro atoms. The highest BCUT2D eigenvalue weighted by atomic mass is 35.5. The van der Waals surface area contributed by atoms with E-state index in [2.05, 4.69) is 16.0 Å². The Kier molecular flexibility index (Phi) is 6.48. The molecule has 0 heterocycles. The van der Waals surface area contributed by atoms with Crippen LogP contribution in [0.15, 0.2) is 18.2 Å². The summed E-state index contributed by atoms with van der Waals surface area (Å²) in [5.74, 6) is -1.44. The van der Waals surface area contributed by atoms with E-state index in [0.717, 1.165) is 6.42 Å². The second-order valence-corrected chi connectivity index (χ2v) is 4.56. The van der Waals surface area contributed by atoms with Crippen LogP contribution in [-0.2, 0) is 4.79 Å². The SMILES string of the molecule is CCCNC(=O)CNC(=O)Nc1cc(C(=O)O)ccc1Cl. The summed E-state index contributed by atoms with van der Waals surface area (Å²) in [4.78, 5) is 33.8. The molecular formula is C13H16ClN3O4. The molecule has 0 aromatic heterocycles. The summed E-state index contributed by atoms with van der Waals surface area (Å²) >= 11 is 5.86. The minimum atomic E-state index is -1.13. The number of halogens is 1. The van der Waals surface area contributed by atoms with Crippen LogP contribution in [0, 0.1) is 0 Å². The van der Waals surface area contributed by atoms with Crippen molar-refractivity contribution in [2.45, 2.75) is 13.3 Å². The zero-order valence-electron chi connectivity index (χ0n) is 11.4. The Morgan fingerprint density at radius 3 is 2.57 bits per heavy atom. The van der Waals surface area contributed by atoms with Crippen molar-refractivity contribution in [3.8, 4) is 0 Å². The summed E-state index contributed by atoms with van der Waals surface area (Å²) in [6.45, 7) is 2.27. The molecule has 0 unspecified atom stereocenters. The molecule has 8 heteroatoms. The maximum absolute atomic E-state index is 11.6. The number of rotatable bonds is 6. The van der Waals surface area contributed by atoms with Crippen molar-refractivity contribution in [3.05, 3.63) is 28.8 Å². The van der Waals surface area contributed by atoms with Crippen LogP contribution in [-0.4, -0.2) is 36.1 Å². The van der Waals surface area contributed by atoms with E-state index in [9.17, 15) is 14.4 Å². The number of carbonyl (C=O) groups is 3. The Labute approximate surface area is 126 Å². The zero-order valence-corrected chi connectivity index (χ0v) is 12.2. The summed E-state index contributed by atoms with van der Waals surface area (Å²) in [6, 6.07) is 3.29. The lowest BCUT2D eigenvalue weighted by atomic mass is 10.2. The fraction of sp³-hybridized carbons (Fsp3) is 0.308. The van der Waals surface area contributed by atoms with Crippen LogP contribution in [0.4, 0.5) is 10.5 Å². The lowest BCUT2D eigenvalue weighted by Gasteiger charge is -2.10. The number of carboxylic acid groups (broad SMARTS) is 1. The summed E-state index contributed by atoms with van der Waals surface area (Å²) < 4.78 is 0. The maximum Gasteiger partial charge on any atom is 0.335 e. The van der Waals surface area contributed by atoms with Crippen molar-refractivity contribution in [2.24, 2.45) is 0 Å². The second kappa shape index (κ2) is 8.11. The third kappa shape index (κ3) is 5.70. The Bertz CT molecular complexity index is 548. The highest BCUT2D eigenvalue weighted by Gasteiger charge is 2.10. The Morgan fingerprint density at radius 2 is 1.95 bits per heavy atom. The van der Waals surface area contributed by atoms with Gasteiger partial charge in [-0.3, -0.25) is 4.79 Å².